The van der Waals surface area contributed by atoms with E-state index >= 15 is 0 Å². The molecule has 1 aromatic rings. The van der Waals surface area contributed by atoms with Crippen LogP contribution in [0.2, 0.25) is 0 Å². The molecule has 0 atom stereocenters. The quantitative estimate of drug-likeness (QED) is 0.616. The van der Waals surface area contributed by atoms with E-state index in [1.807, 2.05) is 39.0 Å². The largest absolute Gasteiger partial charge is 0.493 e. The lowest BCUT2D eigenvalue weighted by Gasteiger charge is -2.20. The molecule has 0 aromatic heterocycles. The number of hydrogen-bond acceptors (Lipinski definition) is 5. The van der Waals surface area contributed by atoms with Gasteiger partial charge in [0.2, 0.25) is 0 Å². The molecule has 0 heterocycles. The van der Waals surface area contributed by atoms with Gasteiger partial charge in [0.1, 0.15) is 0 Å². The van der Waals surface area contributed by atoms with Crippen molar-refractivity contribution in [1.82, 2.24) is 10.6 Å². The molecule has 144 valence electrons. The molecule has 0 aliphatic carbocycles. The Labute approximate surface area is 157 Å². The van der Waals surface area contributed by atoms with Crippen LogP contribution in [-0.2, 0) is 16.1 Å². The van der Waals surface area contributed by atoms with Gasteiger partial charge in [-0.25, -0.2) is 0 Å². The van der Waals surface area contributed by atoms with Gasteiger partial charge in [-0.3, -0.25) is 4.79 Å². The molecule has 6 nitrogen and oxygen atoms in total. The Morgan fingerprint density at radius 1 is 1.16 bits per heavy atom. The Kier molecular flexibility index (Phi) is 11.2. The third-order valence-corrected chi connectivity index (χ3v) is 3.13. The van der Waals surface area contributed by atoms with Crippen LogP contribution < -0.4 is 20.1 Å². The van der Waals surface area contributed by atoms with Gasteiger partial charge >= 0.3 is 0 Å². The molecular formula is C18H31ClN2O4. The van der Waals surface area contributed by atoms with Gasteiger partial charge in [-0.05, 0) is 51.4 Å². The molecule has 1 aromatic carbocycles. The molecule has 0 saturated carbocycles. The fourth-order valence-electron chi connectivity index (χ4n) is 2.11. The Morgan fingerprint density at radius 2 is 1.88 bits per heavy atom. The minimum Gasteiger partial charge on any atom is -0.493 e. The van der Waals surface area contributed by atoms with Crippen LogP contribution in [0.5, 0.6) is 11.5 Å². The molecule has 25 heavy (non-hydrogen) atoms. The molecule has 1 rings (SSSR count). The maximum absolute atomic E-state index is 11.8. The number of nitrogens with one attached hydrogen (secondary N) is 2. The van der Waals surface area contributed by atoms with Crippen LogP contribution in [0.15, 0.2) is 18.2 Å². The zero-order valence-electron chi connectivity index (χ0n) is 15.8. The summed E-state index contributed by atoms with van der Waals surface area (Å²) in [5.74, 6) is 1.02. The number of hydrogen-bond donors (Lipinski definition) is 2. The second-order valence-electron chi connectivity index (χ2n) is 6.60. The lowest BCUT2D eigenvalue weighted by molar-refractivity contribution is -0.124. The van der Waals surface area contributed by atoms with Crippen molar-refractivity contribution in [2.45, 2.75) is 39.3 Å². The maximum atomic E-state index is 11.8. The van der Waals surface area contributed by atoms with E-state index in [0.717, 1.165) is 31.7 Å². The minimum atomic E-state index is -0.275. The summed E-state index contributed by atoms with van der Waals surface area (Å²) in [6.07, 6.45) is 0.970. The van der Waals surface area contributed by atoms with E-state index in [1.54, 1.807) is 14.2 Å². The highest BCUT2D eigenvalue weighted by atomic mass is 35.5. The summed E-state index contributed by atoms with van der Waals surface area (Å²) in [5, 5.41) is 6.20. The second kappa shape index (κ2) is 12.0. The van der Waals surface area contributed by atoms with E-state index in [1.165, 1.54) is 0 Å². The van der Waals surface area contributed by atoms with Gasteiger partial charge < -0.3 is 24.8 Å². The highest BCUT2D eigenvalue weighted by molar-refractivity contribution is 5.85. The van der Waals surface area contributed by atoms with Crippen molar-refractivity contribution in [1.29, 1.82) is 0 Å². The van der Waals surface area contributed by atoms with E-state index < -0.39 is 0 Å². The molecule has 0 radical (unpaired) electrons. The van der Waals surface area contributed by atoms with Crippen LogP contribution in [0.3, 0.4) is 0 Å². The summed E-state index contributed by atoms with van der Waals surface area (Å²) in [6.45, 7) is 8.13. The number of ether oxygens (including phenoxy) is 3. The lowest BCUT2D eigenvalue weighted by Crippen LogP contribution is -2.43. The number of carbonyl (C=O) groups excluding carboxylic acids is 1. The van der Waals surface area contributed by atoms with Crippen LogP contribution >= 0.6 is 12.4 Å². The van der Waals surface area contributed by atoms with Crippen molar-refractivity contribution < 1.29 is 19.0 Å². The van der Waals surface area contributed by atoms with E-state index in [9.17, 15) is 4.79 Å². The smallest absolute Gasteiger partial charge is 0.258 e. The topological polar surface area (TPSA) is 68.8 Å². The number of rotatable bonds is 10. The molecule has 1 amide bonds. The zero-order valence-corrected chi connectivity index (χ0v) is 16.6. The highest BCUT2D eigenvalue weighted by Gasteiger charge is 2.15. The average Bonchev–Trinajstić information content (AvgIpc) is 2.51. The minimum absolute atomic E-state index is 0. The molecule has 0 unspecified atom stereocenters. The van der Waals surface area contributed by atoms with Gasteiger partial charge in [0.15, 0.2) is 18.1 Å². The van der Waals surface area contributed by atoms with Crippen LogP contribution in [0.4, 0.5) is 0 Å². The Hall–Kier alpha value is -1.50. The van der Waals surface area contributed by atoms with Crippen LogP contribution in [0, 0.1) is 0 Å². The first-order valence-corrected chi connectivity index (χ1v) is 8.16. The van der Waals surface area contributed by atoms with E-state index in [0.29, 0.717) is 11.5 Å². The predicted molar refractivity (Wildman–Crippen MR) is 102 cm³/mol. The second-order valence-corrected chi connectivity index (χ2v) is 6.60. The van der Waals surface area contributed by atoms with Crippen LogP contribution in [0.25, 0.3) is 0 Å². The fraction of sp³-hybridized carbons (Fsp3) is 0.611. The van der Waals surface area contributed by atoms with Gasteiger partial charge in [0.25, 0.3) is 5.91 Å². The molecule has 2 N–H and O–H groups in total. The lowest BCUT2D eigenvalue weighted by atomic mass is 10.1. The fourth-order valence-corrected chi connectivity index (χ4v) is 2.11. The molecule has 0 saturated heterocycles. The molecular weight excluding hydrogens is 344 g/mol. The van der Waals surface area contributed by atoms with Crippen molar-refractivity contribution >= 4 is 18.3 Å². The molecule has 0 aliphatic heterocycles. The van der Waals surface area contributed by atoms with Crippen molar-refractivity contribution in [3.05, 3.63) is 23.8 Å². The summed E-state index contributed by atoms with van der Waals surface area (Å²) in [5.41, 5.74) is 0.818. The van der Waals surface area contributed by atoms with Crippen LogP contribution in [-0.4, -0.2) is 45.4 Å². The summed E-state index contributed by atoms with van der Waals surface area (Å²) in [4.78, 5) is 11.8. The average molecular weight is 375 g/mol. The third kappa shape index (κ3) is 10.2. The standard InChI is InChI=1S/C18H30N2O4.ClH/c1-18(2,3)20-17(21)13-24-15-8-7-14(11-16(15)23-5)12-19-9-6-10-22-4;/h7-8,11,19H,6,9-10,12-13H2,1-5H3,(H,20,21);1H. The van der Waals surface area contributed by atoms with E-state index in [-0.39, 0.29) is 30.5 Å². The SMILES string of the molecule is COCCCNCc1ccc(OCC(=O)NC(C)(C)C)c(OC)c1.Cl. The van der Waals surface area contributed by atoms with Crippen molar-refractivity contribution in [3.8, 4) is 11.5 Å². The Bertz CT molecular complexity index is 518. The molecule has 0 spiro atoms. The van der Waals surface area contributed by atoms with Crippen molar-refractivity contribution in [2.75, 3.05) is 34.0 Å². The maximum Gasteiger partial charge on any atom is 0.258 e. The normalized spacial score (nSPS) is 10.8. The summed E-state index contributed by atoms with van der Waals surface area (Å²) in [7, 11) is 3.29. The molecule has 7 heteroatoms. The zero-order chi connectivity index (χ0) is 18.0. The Morgan fingerprint density at radius 3 is 2.48 bits per heavy atom. The number of methoxy groups -OCH3 is 2. The van der Waals surface area contributed by atoms with Crippen molar-refractivity contribution in [2.24, 2.45) is 0 Å². The van der Waals surface area contributed by atoms with E-state index in [4.69, 9.17) is 14.2 Å². The summed E-state index contributed by atoms with van der Waals surface area (Å²) in [6, 6.07) is 5.71. The number of halogens is 1. The first kappa shape index (κ1) is 23.5. The first-order chi connectivity index (χ1) is 11.4. The van der Waals surface area contributed by atoms with E-state index in [2.05, 4.69) is 10.6 Å². The molecule has 0 bridgehead atoms. The third-order valence-electron chi connectivity index (χ3n) is 3.13. The van der Waals surface area contributed by atoms with Gasteiger partial charge in [0, 0.05) is 25.8 Å². The molecule has 0 fully saturated rings. The number of benzene rings is 1. The van der Waals surface area contributed by atoms with Gasteiger partial charge in [0.05, 0.1) is 7.11 Å². The number of amides is 1. The van der Waals surface area contributed by atoms with Gasteiger partial charge in [-0.15, -0.1) is 12.4 Å². The van der Waals surface area contributed by atoms with Gasteiger partial charge in [-0.1, -0.05) is 6.07 Å². The first-order valence-electron chi connectivity index (χ1n) is 8.16. The van der Waals surface area contributed by atoms with Gasteiger partial charge in [-0.2, -0.15) is 0 Å². The monoisotopic (exact) mass is 374 g/mol. The number of carbonyl (C=O) groups is 1. The Balaban J connectivity index is 0.00000576. The predicted octanol–water partition coefficient (Wildman–Crippen LogP) is 2.54. The highest BCUT2D eigenvalue weighted by Crippen LogP contribution is 2.28. The van der Waals surface area contributed by atoms with Crippen LogP contribution in [0.1, 0.15) is 32.8 Å². The summed E-state index contributed by atoms with van der Waals surface area (Å²) >= 11 is 0. The summed E-state index contributed by atoms with van der Waals surface area (Å²) < 4.78 is 15.9. The molecule has 0 aliphatic rings. The van der Waals surface area contributed by atoms with Crippen molar-refractivity contribution in [3.63, 3.8) is 0 Å².